The van der Waals surface area contributed by atoms with Gasteiger partial charge in [-0.2, -0.15) is 0 Å². The van der Waals surface area contributed by atoms with Crippen molar-refractivity contribution in [3.05, 3.63) is 65.4 Å². The summed E-state index contributed by atoms with van der Waals surface area (Å²) < 4.78 is 59.7. The van der Waals surface area contributed by atoms with Gasteiger partial charge in [0.2, 0.25) is 0 Å². The third kappa shape index (κ3) is 7.53. The van der Waals surface area contributed by atoms with Crippen LogP contribution in [0.3, 0.4) is 0 Å². The molecule has 42 heavy (non-hydrogen) atoms. The molecule has 1 aromatic heterocycles. The normalized spacial score (nSPS) is 18.7. The van der Waals surface area contributed by atoms with Crippen LogP contribution in [0.4, 0.5) is 13.2 Å². The number of hydrogen-bond acceptors (Lipinski definition) is 7. The Balaban J connectivity index is 1.22. The molecule has 0 bridgehead atoms. The third-order valence-electron chi connectivity index (χ3n) is 8.70. The Bertz CT molecular complexity index is 1310. The van der Waals surface area contributed by atoms with Gasteiger partial charge in [-0.15, -0.1) is 0 Å². The number of ether oxygens (including phenoxy) is 3. The van der Waals surface area contributed by atoms with Gasteiger partial charge in [-0.1, -0.05) is 0 Å². The fraction of sp³-hybridized carbons (Fsp3) is 0.531. The molecule has 0 radical (unpaired) electrons. The molecule has 0 unspecified atom stereocenters. The van der Waals surface area contributed by atoms with Gasteiger partial charge in [-0.25, -0.2) is 13.2 Å². The minimum atomic E-state index is -1.22. The highest BCUT2D eigenvalue weighted by molar-refractivity contribution is 5.85. The lowest BCUT2D eigenvalue weighted by Crippen LogP contribution is -2.43. The van der Waals surface area contributed by atoms with Crippen LogP contribution in [0.5, 0.6) is 11.5 Å². The quantitative estimate of drug-likeness (QED) is 0.309. The Morgan fingerprint density at radius 2 is 1.74 bits per heavy atom. The summed E-state index contributed by atoms with van der Waals surface area (Å²) in [5.41, 5.74) is 1.89. The highest BCUT2D eigenvalue weighted by Crippen LogP contribution is 2.41. The highest BCUT2D eigenvalue weighted by atomic mass is 19.1. The number of rotatable bonds is 12. The first-order chi connectivity index (χ1) is 20.4. The van der Waals surface area contributed by atoms with E-state index in [-0.39, 0.29) is 17.8 Å². The fourth-order valence-corrected chi connectivity index (χ4v) is 6.08. The number of likely N-dealkylation sites (tertiary alicyclic amines) is 1. The van der Waals surface area contributed by atoms with Crippen LogP contribution in [0.25, 0.3) is 10.9 Å². The summed E-state index contributed by atoms with van der Waals surface area (Å²) in [5, 5.41) is 11.2. The molecule has 2 aromatic carbocycles. The van der Waals surface area contributed by atoms with E-state index >= 15 is 4.39 Å². The number of methoxy groups -OCH3 is 1. The van der Waals surface area contributed by atoms with Gasteiger partial charge in [0.05, 0.1) is 25.8 Å². The number of aliphatic hydroxyl groups is 1. The molecule has 3 heterocycles. The summed E-state index contributed by atoms with van der Waals surface area (Å²) in [4.78, 5) is 9.11. The molecule has 10 heteroatoms. The molecule has 228 valence electrons. The molecule has 1 N–H and O–H groups in total. The van der Waals surface area contributed by atoms with Gasteiger partial charge in [0, 0.05) is 68.1 Å². The first-order valence-electron chi connectivity index (χ1n) is 14.7. The van der Waals surface area contributed by atoms with Gasteiger partial charge in [0.15, 0.2) is 0 Å². The van der Waals surface area contributed by atoms with Crippen molar-refractivity contribution in [2.45, 2.75) is 38.4 Å². The van der Waals surface area contributed by atoms with Crippen molar-refractivity contribution < 1.29 is 32.5 Å². The average molecular weight is 588 g/mol. The molecule has 2 saturated heterocycles. The van der Waals surface area contributed by atoms with E-state index in [0.29, 0.717) is 57.1 Å². The maximum atomic E-state index is 16.4. The van der Waals surface area contributed by atoms with Crippen molar-refractivity contribution in [1.29, 1.82) is 0 Å². The van der Waals surface area contributed by atoms with Crippen molar-refractivity contribution in [2.75, 3.05) is 66.3 Å². The van der Waals surface area contributed by atoms with Gasteiger partial charge >= 0.3 is 0 Å². The molecule has 0 spiro atoms. The second-order valence-electron chi connectivity index (χ2n) is 11.4. The Labute approximate surface area is 245 Å². The predicted octanol–water partition coefficient (Wildman–Crippen LogP) is 5.30. The summed E-state index contributed by atoms with van der Waals surface area (Å²) >= 11 is 0. The summed E-state index contributed by atoms with van der Waals surface area (Å²) in [6, 6.07) is 8.71. The van der Waals surface area contributed by atoms with Crippen LogP contribution >= 0.6 is 0 Å². The van der Waals surface area contributed by atoms with Crippen molar-refractivity contribution in [3.63, 3.8) is 0 Å². The Hall–Kier alpha value is -2.92. The minimum absolute atomic E-state index is 0.00181. The summed E-state index contributed by atoms with van der Waals surface area (Å²) in [6.45, 7) is 5.87. The summed E-state index contributed by atoms with van der Waals surface area (Å²) in [6.07, 6.45) is 2.89. The predicted molar refractivity (Wildman–Crippen MR) is 155 cm³/mol. The molecule has 2 fully saturated rings. The summed E-state index contributed by atoms with van der Waals surface area (Å²) in [5.74, 6) is -0.521. The van der Waals surface area contributed by atoms with E-state index in [1.54, 1.807) is 13.3 Å². The number of hydrogen-bond donors (Lipinski definition) is 1. The fourth-order valence-electron chi connectivity index (χ4n) is 6.08. The van der Waals surface area contributed by atoms with Gasteiger partial charge in [0.25, 0.3) is 0 Å². The molecule has 3 aromatic rings. The van der Waals surface area contributed by atoms with Crippen molar-refractivity contribution in [1.82, 2.24) is 14.8 Å². The van der Waals surface area contributed by atoms with Crippen LogP contribution in [0.1, 0.15) is 43.0 Å². The molecule has 0 amide bonds. The van der Waals surface area contributed by atoms with E-state index in [1.807, 2.05) is 18.2 Å². The molecule has 0 saturated carbocycles. The number of morpholine rings is 1. The van der Waals surface area contributed by atoms with Crippen molar-refractivity contribution >= 4 is 10.9 Å². The van der Waals surface area contributed by atoms with E-state index in [0.717, 1.165) is 73.7 Å². The third-order valence-corrected chi connectivity index (χ3v) is 8.70. The number of benzene rings is 2. The maximum absolute atomic E-state index is 16.4. The first kappa shape index (κ1) is 30.5. The first-order valence-corrected chi connectivity index (χ1v) is 14.7. The van der Waals surface area contributed by atoms with E-state index in [1.165, 1.54) is 0 Å². The van der Waals surface area contributed by atoms with Gasteiger partial charge in [-0.3, -0.25) is 14.8 Å². The summed E-state index contributed by atoms with van der Waals surface area (Å²) in [7, 11) is 1.60. The van der Waals surface area contributed by atoms with E-state index in [4.69, 9.17) is 14.2 Å². The van der Waals surface area contributed by atoms with Crippen LogP contribution in [0, 0.1) is 17.0 Å². The van der Waals surface area contributed by atoms with Crippen LogP contribution in [-0.4, -0.2) is 86.2 Å². The molecule has 1 atom stereocenters. The largest absolute Gasteiger partial charge is 0.497 e. The Morgan fingerprint density at radius 1 is 1.00 bits per heavy atom. The number of alkyl halides is 1. The van der Waals surface area contributed by atoms with Crippen molar-refractivity contribution in [2.24, 2.45) is 5.41 Å². The molecule has 0 aliphatic carbocycles. The molecule has 2 aliphatic heterocycles. The maximum Gasteiger partial charge on any atom is 0.129 e. The lowest BCUT2D eigenvalue weighted by atomic mass is 9.74. The van der Waals surface area contributed by atoms with Crippen LogP contribution < -0.4 is 9.47 Å². The number of nitrogens with zero attached hydrogens (tertiary/aromatic N) is 3. The van der Waals surface area contributed by atoms with Crippen LogP contribution in [0.2, 0.25) is 0 Å². The number of aromatic nitrogens is 1. The van der Waals surface area contributed by atoms with Gasteiger partial charge < -0.3 is 19.3 Å². The molecule has 2 aliphatic rings. The zero-order valence-corrected chi connectivity index (χ0v) is 24.2. The van der Waals surface area contributed by atoms with E-state index in [2.05, 4.69) is 14.8 Å². The van der Waals surface area contributed by atoms with Crippen molar-refractivity contribution in [3.8, 4) is 11.5 Å². The number of piperidine rings is 1. The lowest BCUT2D eigenvalue weighted by Gasteiger charge is -2.41. The highest BCUT2D eigenvalue weighted by Gasteiger charge is 2.35. The van der Waals surface area contributed by atoms with E-state index < -0.39 is 17.8 Å². The zero-order valence-electron chi connectivity index (χ0n) is 24.2. The molecular weight excluding hydrogens is 547 g/mol. The van der Waals surface area contributed by atoms with Gasteiger partial charge in [0.1, 0.15) is 35.9 Å². The molecule has 7 nitrogen and oxygen atoms in total. The standard InChI is InChI=1S/C32H40F3N3O4/c1-40-26-2-3-30-28(19-26)31(23(20-36-30)21-38-10-13-41-14-11-38)29(35)4-5-32(22-39)6-8-37(9-7-32)12-15-42-27-17-24(33)16-25(34)18-27/h2-3,16-20,29,39H,4-15,21-22H2,1H3/t29-/m1/s1. The van der Waals surface area contributed by atoms with Crippen LogP contribution in [-0.2, 0) is 11.3 Å². The second kappa shape index (κ2) is 14.0. The monoisotopic (exact) mass is 587 g/mol. The zero-order chi connectivity index (χ0) is 29.5. The SMILES string of the molecule is COc1ccc2ncc(CN3CCOCC3)c([C@H](F)CCC3(CO)CCN(CCOc4cc(F)cc(F)c4)CC3)c2c1. The second-order valence-corrected chi connectivity index (χ2v) is 11.4. The smallest absolute Gasteiger partial charge is 0.129 e. The average Bonchev–Trinajstić information content (AvgIpc) is 3.00. The lowest BCUT2D eigenvalue weighted by molar-refractivity contribution is 0.0262. The number of aliphatic hydroxyl groups excluding tert-OH is 1. The number of pyridine rings is 1. The van der Waals surface area contributed by atoms with E-state index in [9.17, 15) is 13.9 Å². The minimum Gasteiger partial charge on any atom is -0.497 e. The molecule has 5 rings (SSSR count). The molecular formula is C32H40F3N3O4. The topological polar surface area (TPSA) is 67.3 Å². The Morgan fingerprint density at radius 3 is 2.43 bits per heavy atom. The van der Waals surface area contributed by atoms with Gasteiger partial charge in [-0.05, 0) is 68.0 Å². The number of halogens is 3. The Kier molecular flexibility index (Phi) is 10.2. The van der Waals surface area contributed by atoms with Crippen LogP contribution in [0.15, 0.2) is 42.6 Å². The number of fused-ring (bicyclic) bond motifs is 1.